The minimum atomic E-state index is -4.30. The average Bonchev–Trinajstić information content (AvgIpc) is 2.16. The summed E-state index contributed by atoms with van der Waals surface area (Å²) in [4.78, 5) is 3.10. The third-order valence-corrected chi connectivity index (χ3v) is 1.62. The van der Waals surface area contributed by atoms with Crippen LogP contribution in [0.15, 0.2) is 12.3 Å². The Morgan fingerprint density at radius 2 is 1.94 bits per heavy atom. The number of nitrogens with one attached hydrogen (secondary N) is 1. The number of alkyl halides is 4. The lowest BCUT2D eigenvalue weighted by molar-refractivity contribution is -0.117. The zero-order valence-corrected chi connectivity index (χ0v) is 7.65. The van der Waals surface area contributed by atoms with Gasteiger partial charge in [-0.2, -0.15) is 8.78 Å². The minimum absolute atomic E-state index is 0.399. The van der Waals surface area contributed by atoms with Crippen molar-refractivity contribution in [2.75, 3.05) is 11.9 Å². The highest BCUT2D eigenvalue weighted by Gasteiger charge is 2.40. The van der Waals surface area contributed by atoms with Crippen molar-refractivity contribution in [2.24, 2.45) is 0 Å². The van der Waals surface area contributed by atoms with Gasteiger partial charge in [0.05, 0.1) is 12.7 Å². The summed E-state index contributed by atoms with van der Waals surface area (Å²) in [6, 6.07) is 0.399. The number of rotatable bonds is 4. The molecule has 0 aliphatic heterocycles. The summed E-state index contributed by atoms with van der Waals surface area (Å²) in [5, 5.41) is 1.68. The molecule has 1 aromatic heterocycles. The minimum Gasteiger partial charge on any atom is -0.361 e. The van der Waals surface area contributed by atoms with Crippen molar-refractivity contribution in [3.63, 3.8) is 0 Å². The van der Waals surface area contributed by atoms with E-state index in [4.69, 9.17) is 0 Å². The van der Waals surface area contributed by atoms with Crippen molar-refractivity contribution < 1.29 is 26.3 Å². The highest BCUT2D eigenvalue weighted by Crippen LogP contribution is 2.23. The van der Waals surface area contributed by atoms with Gasteiger partial charge >= 0.3 is 12.3 Å². The molecule has 0 fully saturated rings. The Hall–Kier alpha value is -1.47. The predicted octanol–water partition coefficient (Wildman–Crippen LogP) is 2.67. The highest BCUT2D eigenvalue weighted by atomic mass is 19.3. The molecule has 8 heteroatoms. The maximum atomic E-state index is 12.8. The van der Waals surface area contributed by atoms with Gasteiger partial charge in [-0.3, -0.25) is 0 Å². The van der Waals surface area contributed by atoms with Gasteiger partial charge < -0.3 is 5.32 Å². The first-order chi connectivity index (χ1) is 7.33. The number of pyridine rings is 1. The third kappa shape index (κ3) is 3.01. The van der Waals surface area contributed by atoms with E-state index in [2.05, 4.69) is 4.98 Å². The van der Waals surface area contributed by atoms with Crippen LogP contribution in [0.5, 0.6) is 0 Å². The monoisotopic (exact) mass is 244 g/mol. The molecule has 0 saturated carbocycles. The van der Waals surface area contributed by atoms with Crippen LogP contribution in [0.25, 0.3) is 0 Å². The van der Waals surface area contributed by atoms with E-state index in [1.165, 1.54) is 0 Å². The standard InChI is InChI=1S/C8H6F6N2/c9-4-1-5(10)6(15-2-4)16-3-8(13,14)7(11)12/h1-2,7H,3H2,(H,15,16). The van der Waals surface area contributed by atoms with Gasteiger partial charge in [-0.05, 0) is 0 Å². The summed E-state index contributed by atoms with van der Waals surface area (Å²) in [5.41, 5.74) is 0. The van der Waals surface area contributed by atoms with Crippen molar-refractivity contribution >= 4 is 5.82 Å². The molecular weight excluding hydrogens is 238 g/mol. The Labute approximate surface area is 86.3 Å². The molecule has 1 N–H and O–H groups in total. The van der Waals surface area contributed by atoms with Gasteiger partial charge in [-0.15, -0.1) is 0 Å². The summed E-state index contributed by atoms with van der Waals surface area (Å²) >= 11 is 0. The quantitative estimate of drug-likeness (QED) is 0.823. The lowest BCUT2D eigenvalue weighted by Gasteiger charge is -2.16. The molecule has 16 heavy (non-hydrogen) atoms. The van der Waals surface area contributed by atoms with Gasteiger partial charge in [0, 0.05) is 6.07 Å². The van der Waals surface area contributed by atoms with Gasteiger partial charge in [-0.1, -0.05) is 0 Å². The van der Waals surface area contributed by atoms with Crippen LogP contribution in [-0.4, -0.2) is 23.9 Å². The largest absolute Gasteiger partial charge is 0.361 e. The third-order valence-electron chi connectivity index (χ3n) is 1.62. The van der Waals surface area contributed by atoms with Crippen LogP contribution in [0.2, 0.25) is 0 Å². The van der Waals surface area contributed by atoms with Gasteiger partial charge in [0.25, 0.3) is 0 Å². The normalized spacial score (nSPS) is 11.9. The first-order valence-electron chi connectivity index (χ1n) is 4.04. The molecule has 0 radical (unpaired) electrons. The molecule has 1 aromatic rings. The molecule has 0 aliphatic rings. The fraction of sp³-hybridized carbons (Fsp3) is 0.375. The maximum absolute atomic E-state index is 12.8. The van der Waals surface area contributed by atoms with E-state index in [9.17, 15) is 26.3 Å². The van der Waals surface area contributed by atoms with Crippen molar-refractivity contribution in [3.05, 3.63) is 23.9 Å². The fourth-order valence-corrected chi connectivity index (χ4v) is 0.823. The summed E-state index contributed by atoms with van der Waals surface area (Å²) in [6.45, 7) is -1.49. The molecule has 0 aromatic carbocycles. The number of aromatic nitrogens is 1. The second-order valence-electron chi connectivity index (χ2n) is 2.90. The molecule has 0 saturated heterocycles. The fourth-order valence-electron chi connectivity index (χ4n) is 0.823. The number of hydrogen-bond donors (Lipinski definition) is 1. The number of hydrogen-bond acceptors (Lipinski definition) is 2. The Morgan fingerprint density at radius 1 is 1.31 bits per heavy atom. The van der Waals surface area contributed by atoms with E-state index in [-0.39, 0.29) is 0 Å². The molecule has 0 aliphatic carbocycles. The molecule has 90 valence electrons. The maximum Gasteiger partial charge on any atom is 0.324 e. The van der Waals surface area contributed by atoms with E-state index in [0.29, 0.717) is 12.3 Å². The van der Waals surface area contributed by atoms with E-state index < -0.39 is 36.3 Å². The number of nitrogens with zero attached hydrogens (tertiary/aromatic N) is 1. The zero-order chi connectivity index (χ0) is 12.3. The van der Waals surface area contributed by atoms with E-state index in [0.717, 1.165) is 0 Å². The molecule has 1 rings (SSSR count). The van der Waals surface area contributed by atoms with Gasteiger partial charge in [-0.25, -0.2) is 22.5 Å². The van der Waals surface area contributed by atoms with E-state index in [1.807, 2.05) is 0 Å². The van der Waals surface area contributed by atoms with Crippen LogP contribution in [0, 0.1) is 11.6 Å². The second kappa shape index (κ2) is 4.58. The molecule has 0 amide bonds. The van der Waals surface area contributed by atoms with Crippen LogP contribution in [-0.2, 0) is 0 Å². The summed E-state index contributed by atoms with van der Waals surface area (Å²) in [5.74, 6) is -7.24. The van der Waals surface area contributed by atoms with Crippen LogP contribution in [0.3, 0.4) is 0 Å². The van der Waals surface area contributed by atoms with Crippen LogP contribution in [0.1, 0.15) is 0 Å². The Kier molecular flexibility index (Phi) is 3.61. The first kappa shape index (κ1) is 12.6. The first-order valence-corrected chi connectivity index (χ1v) is 4.04. The molecule has 1 heterocycles. The van der Waals surface area contributed by atoms with Gasteiger partial charge in [0.15, 0.2) is 11.6 Å². The Bertz CT molecular complexity index is 368. The van der Waals surface area contributed by atoms with Gasteiger partial charge in [0.2, 0.25) is 0 Å². The molecule has 0 bridgehead atoms. The van der Waals surface area contributed by atoms with E-state index in [1.54, 1.807) is 5.32 Å². The number of halogens is 6. The lowest BCUT2D eigenvalue weighted by Crippen LogP contribution is -2.35. The predicted molar refractivity (Wildman–Crippen MR) is 43.6 cm³/mol. The molecule has 0 spiro atoms. The van der Waals surface area contributed by atoms with Crippen molar-refractivity contribution in [2.45, 2.75) is 12.3 Å². The number of anilines is 1. The summed E-state index contributed by atoms with van der Waals surface area (Å²) in [7, 11) is 0. The van der Waals surface area contributed by atoms with Crippen LogP contribution >= 0.6 is 0 Å². The van der Waals surface area contributed by atoms with Crippen molar-refractivity contribution in [1.29, 1.82) is 0 Å². The molecule has 0 atom stereocenters. The van der Waals surface area contributed by atoms with Crippen LogP contribution in [0.4, 0.5) is 32.2 Å². The average molecular weight is 244 g/mol. The Morgan fingerprint density at radius 3 is 2.44 bits per heavy atom. The summed E-state index contributed by atoms with van der Waals surface area (Å²) in [6.07, 6.45) is -3.30. The topological polar surface area (TPSA) is 24.9 Å². The van der Waals surface area contributed by atoms with Crippen molar-refractivity contribution in [3.8, 4) is 0 Å². The van der Waals surface area contributed by atoms with Crippen molar-refractivity contribution in [1.82, 2.24) is 4.98 Å². The highest BCUT2D eigenvalue weighted by molar-refractivity contribution is 5.36. The molecule has 2 nitrogen and oxygen atoms in total. The Balaban J connectivity index is 2.68. The van der Waals surface area contributed by atoms with Crippen LogP contribution < -0.4 is 5.32 Å². The molecular formula is C8H6F6N2. The SMILES string of the molecule is Fc1cnc(NCC(F)(F)C(F)F)c(F)c1. The second-order valence-corrected chi connectivity index (χ2v) is 2.90. The lowest BCUT2D eigenvalue weighted by atomic mass is 10.3. The molecule has 0 unspecified atom stereocenters. The zero-order valence-electron chi connectivity index (χ0n) is 7.65. The smallest absolute Gasteiger partial charge is 0.324 e. The van der Waals surface area contributed by atoms with E-state index >= 15 is 0 Å². The van der Waals surface area contributed by atoms with Gasteiger partial charge in [0.1, 0.15) is 5.82 Å². The summed E-state index contributed by atoms with van der Waals surface area (Å²) < 4.78 is 73.4.